The van der Waals surface area contributed by atoms with Crippen molar-refractivity contribution in [2.75, 3.05) is 19.1 Å². The summed E-state index contributed by atoms with van der Waals surface area (Å²) in [5, 5.41) is 0. The molecule has 0 fully saturated rings. The fourth-order valence-corrected chi connectivity index (χ4v) is 1.48. The largest absolute Gasteiger partial charge is 0.494 e. The van der Waals surface area contributed by atoms with Crippen molar-refractivity contribution in [3.05, 3.63) is 29.8 Å². The van der Waals surface area contributed by atoms with Gasteiger partial charge in [-0.1, -0.05) is 0 Å². The van der Waals surface area contributed by atoms with Gasteiger partial charge in [0.2, 0.25) is 0 Å². The lowest BCUT2D eigenvalue weighted by Gasteiger charge is -2.06. The monoisotopic (exact) mass is 256 g/mol. The molecule has 0 unspecified atom stereocenters. The van der Waals surface area contributed by atoms with E-state index in [0.29, 0.717) is 24.7 Å². The number of carbonyl (C=O) groups excluding carboxylic acids is 1. The second-order valence-electron chi connectivity index (χ2n) is 3.49. The first-order valence-corrected chi connectivity index (χ1v) is 6.27. The molecule has 0 aliphatic carbocycles. The van der Waals surface area contributed by atoms with E-state index in [1.807, 2.05) is 0 Å². The minimum Gasteiger partial charge on any atom is -0.494 e. The Bertz CT molecular complexity index is 335. The Morgan fingerprint density at radius 1 is 1.24 bits per heavy atom. The summed E-state index contributed by atoms with van der Waals surface area (Å²) in [4.78, 5) is 11.4. The molecule has 0 aliphatic heterocycles. The van der Waals surface area contributed by atoms with Gasteiger partial charge in [0, 0.05) is 5.88 Å². The van der Waals surface area contributed by atoms with Crippen LogP contribution < -0.4 is 4.74 Å². The number of halogens is 1. The Balaban J connectivity index is 2.42. The predicted octanol–water partition coefficient (Wildman–Crippen LogP) is 3.26. The van der Waals surface area contributed by atoms with Crippen LogP contribution in [0.2, 0.25) is 0 Å². The van der Waals surface area contributed by atoms with Crippen LogP contribution in [0.4, 0.5) is 0 Å². The van der Waals surface area contributed by atoms with E-state index in [2.05, 4.69) is 0 Å². The smallest absolute Gasteiger partial charge is 0.338 e. The van der Waals surface area contributed by atoms with Gasteiger partial charge >= 0.3 is 5.97 Å². The summed E-state index contributed by atoms with van der Waals surface area (Å²) < 4.78 is 10.4. The van der Waals surface area contributed by atoms with E-state index in [9.17, 15) is 4.79 Å². The van der Waals surface area contributed by atoms with Crippen molar-refractivity contribution in [1.29, 1.82) is 0 Å². The van der Waals surface area contributed by atoms with Crippen LogP contribution in [0.3, 0.4) is 0 Å². The quantitative estimate of drug-likeness (QED) is 0.427. The maximum atomic E-state index is 11.4. The molecule has 0 bridgehead atoms. The molecule has 94 valence electrons. The summed E-state index contributed by atoms with van der Waals surface area (Å²) >= 11 is 5.56. The first-order chi connectivity index (χ1) is 8.27. The molecule has 0 aliphatic rings. The van der Waals surface area contributed by atoms with E-state index in [1.165, 1.54) is 0 Å². The van der Waals surface area contributed by atoms with Crippen molar-refractivity contribution < 1.29 is 14.3 Å². The zero-order valence-electron chi connectivity index (χ0n) is 9.95. The Hall–Kier alpha value is -1.22. The maximum Gasteiger partial charge on any atom is 0.338 e. The third-order valence-electron chi connectivity index (χ3n) is 2.16. The zero-order chi connectivity index (χ0) is 12.5. The molecule has 0 atom stereocenters. The third-order valence-corrected chi connectivity index (χ3v) is 2.43. The van der Waals surface area contributed by atoms with Gasteiger partial charge in [0.15, 0.2) is 0 Å². The molecule has 0 N–H and O–H groups in total. The summed E-state index contributed by atoms with van der Waals surface area (Å²) in [6.07, 6.45) is 1.88. The summed E-state index contributed by atoms with van der Waals surface area (Å²) in [6.45, 7) is 2.81. The molecule has 4 heteroatoms. The van der Waals surface area contributed by atoms with Gasteiger partial charge in [-0.05, 0) is 44.0 Å². The molecule has 1 aromatic carbocycles. The van der Waals surface area contributed by atoms with Gasteiger partial charge in [0.25, 0.3) is 0 Å². The van der Waals surface area contributed by atoms with E-state index in [-0.39, 0.29) is 5.97 Å². The Kier molecular flexibility index (Phi) is 6.48. The van der Waals surface area contributed by atoms with Crippen molar-refractivity contribution in [2.45, 2.75) is 19.8 Å². The molecule has 17 heavy (non-hydrogen) atoms. The standard InChI is InChI=1S/C13H17ClO3/c1-2-16-13(15)11-5-7-12(8-6-11)17-10-4-3-9-14/h5-8H,2-4,9-10H2,1H3. The number of esters is 1. The minimum absolute atomic E-state index is 0.304. The normalized spacial score (nSPS) is 10.0. The van der Waals surface area contributed by atoms with Gasteiger partial charge in [0.1, 0.15) is 5.75 Å². The summed E-state index contributed by atoms with van der Waals surface area (Å²) in [6, 6.07) is 6.95. The van der Waals surface area contributed by atoms with E-state index < -0.39 is 0 Å². The van der Waals surface area contributed by atoms with Gasteiger partial charge in [-0.2, -0.15) is 0 Å². The highest BCUT2D eigenvalue weighted by atomic mass is 35.5. The van der Waals surface area contributed by atoms with E-state index >= 15 is 0 Å². The SMILES string of the molecule is CCOC(=O)c1ccc(OCCCCCl)cc1. The van der Waals surface area contributed by atoms with Crippen molar-refractivity contribution in [2.24, 2.45) is 0 Å². The number of carbonyl (C=O) groups is 1. The van der Waals surface area contributed by atoms with Gasteiger partial charge < -0.3 is 9.47 Å². The van der Waals surface area contributed by atoms with E-state index in [0.717, 1.165) is 18.6 Å². The predicted molar refractivity (Wildman–Crippen MR) is 67.8 cm³/mol. The van der Waals surface area contributed by atoms with E-state index in [1.54, 1.807) is 31.2 Å². The fraction of sp³-hybridized carbons (Fsp3) is 0.462. The molecule has 0 amide bonds. The highest BCUT2D eigenvalue weighted by Gasteiger charge is 2.05. The molecule has 3 nitrogen and oxygen atoms in total. The van der Waals surface area contributed by atoms with Crippen LogP contribution in [-0.4, -0.2) is 25.1 Å². The molecule has 0 radical (unpaired) electrons. The lowest BCUT2D eigenvalue weighted by atomic mass is 10.2. The first-order valence-electron chi connectivity index (χ1n) is 5.74. The van der Waals surface area contributed by atoms with E-state index in [4.69, 9.17) is 21.1 Å². The van der Waals surface area contributed by atoms with Gasteiger partial charge in [-0.25, -0.2) is 4.79 Å². The van der Waals surface area contributed by atoms with Crippen molar-refractivity contribution in [3.8, 4) is 5.75 Å². The third kappa shape index (κ3) is 5.09. The molecule has 0 saturated carbocycles. The van der Waals surface area contributed by atoms with Crippen molar-refractivity contribution in [1.82, 2.24) is 0 Å². The number of hydrogen-bond donors (Lipinski definition) is 0. The minimum atomic E-state index is -0.304. The Morgan fingerprint density at radius 3 is 2.53 bits per heavy atom. The highest BCUT2D eigenvalue weighted by Crippen LogP contribution is 2.13. The molecular formula is C13H17ClO3. The first kappa shape index (κ1) is 13.8. The van der Waals surface area contributed by atoms with Crippen LogP contribution in [0, 0.1) is 0 Å². The number of ether oxygens (including phenoxy) is 2. The molecule has 0 aromatic heterocycles. The molecule has 0 saturated heterocycles. The van der Waals surface area contributed by atoms with Crippen molar-refractivity contribution in [3.63, 3.8) is 0 Å². The van der Waals surface area contributed by atoms with Gasteiger partial charge in [-0.15, -0.1) is 11.6 Å². The summed E-state index contributed by atoms with van der Waals surface area (Å²) in [5.74, 6) is 1.11. The number of alkyl halides is 1. The van der Waals surface area contributed by atoms with Gasteiger partial charge in [-0.3, -0.25) is 0 Å². The molecule has 0 heterocycles. The second-order valence-corrected chi connectivity index (χ2v) is 3.87. The Labute approximate surface area is 107 Å². The summed E-state index contributed by atoms with van der Waals surface area (Å²) in [5.41, 5.74) is 0.542. The Morgan fingerprint density at radius 2 is 1.94 bits per heavy atom. The average molecular weight is 257 g/mol. The van der Waals surface area contributed by atoms with Crippen molar-refractivity contribution >= 4 is 17.6 Å². The van der Waals surface area contributed by atoms with Gasteiger partial charge in [0.05, 0.1) is 18.8 Å². The average Bonchev–Trinajstić information content (AvgIpc) is 2.36. The number of rotatable bonds is 7. The molecule has 1 aromatic rings. The lowest BCUT2D eigenvalue weighted by molar-refractivity contribution is 0.0526. The molecular weight excluding hydrogens is 240 g/mol. The number of benzene rings is 1. The van der Waals surface area contributed by atoms with Crippen LogP contribution in [0.5, 0.6) is 5.75 Å². The number of hydrogen-bond acceptors (Lipinski definition) is 3. The zero-order valence-corrected chi connectivity index (χ0v) is 10.7. The van der Waals surface area contributed by atoms with Crippen LogP contribution in [-0.2, 0) is 4.74 Å². The number of unbranched alkanes of at least 4 members (excludes halogenated alkanes) is 1. The fourth-order valence-electron chi connectivity index (χ4n) is 1.29. The van der Waals surface area contributed by atoms with Crippen LogP contribution in [0.15, 0.2) is 24.3 Å². The molecule has 1 rings (SSSR count). The second kappa shape index (κ2) is 7.96. The van der Waals surface area contributed by atoms with Crippen LogP contribution in [0.25, 0.3) is 0 Å². The highest BCUT2D eigenvalue weighted by molar-refractivity contribution is 6.17. The maximum absolute atomic E-state index is 11.4. The topological polar surface area (TPSA) is 35.5 Å². The lowest BCUT2D eigenvalue weighted by Crippen LogP contribution is -2.04. The summed E-state index contributed by atoms with van der Waals surface area (Å²) in [7, 11) is 0. The van der Waals surface area contributed by atoms with Crippen LogP contribution >= 0.6 is 11.6 Å². The molecule has 0 spiro atoms. The van der Waals surface area contributed by atoms with Crippen LogP contribution in [0.1, 0.15) is 30.1 Å².